The number of pyridine rings is 2. The Balaban J connectivity index is 1.36. The van der Waals surface area contributed by atoms with Crippen LogP contribution in [0.5, 0.6) is 5.75 Å². The maximum atomic E-state index is 8.86. The summed E-state index contributed by atoms with van der Waals surface area (Å²) in [6.07, 6.45) is 7.12. The number of anilines is 1. The number of rotatable bonds is 5. The van der Waals surface area contributed by atoms with E-state index in [4.69, 9.17) is 10.00 Å². The second-order valence-electron chi connectivity index (χ2n) is 6.93. The van der Waals surface area contributed by atoms with Crippen LogP contribution in [0.15, 0.2) is 36.7 Å². The molecular formula is C20H23N5O. The minimum absolute atomic E-state index is 0.180. The Morgan fingerprint density at radius 2 is 2.04 bits per heavy atom. The molecule has 2 aromatic rings. The lowest BCUT2D eigenvalue weighted by atomic mass is 10.2. The highest BCUT2D eigenvalue weighted by molar-refractivity contribution is 5.52. The van der Waals surface area contributed by atoms with Gasteiger partial charge < -0.3 is 9.64 Å². The molecule has 0 amide bonds. The molecule has 0 saturated carbocycles. The fraction of sp³-hybridized carbons (Fsp3) is 0.450. The molecule has 0 bridgehead atoms. The van der Waals surface area contributed by atoms with E-state index in [0.717, 1.165) is 56.4 Å². The van der Waals surface area contributed by atoms with Crippen LogP contribution in [0.25, 0.3) is 0 Å². The van der Waals surface area contributed by atoms with E-state index in [2.05, 4.69) is 25.8 Å². The van der Waals surface area contributed by atoms with Crippen LogP contribution in [0.3, 0.4) is 0 Å². The van der Waals surface area contributed by atoms with Gasteiger partial charge in [0.25, 0.3) is 0 Å². The van der Waals surface area contributed by atoms with Crippen LogP contribution in [-0.2, 0) is 6.54 Å². The molecule has 0 aromatic carbocycles. The van der Waals surface area contributed by atoms with E-state index in [0.29, 0.717) is 5.56 Å². The van der Waals surface area contributed by atoms with Crippen LogP contribution < -0.4 is 9.64 Å². The third-order valence-corrected chi connectivity index (χ3v) is 5.02. The number of hydrogen-bond acceptors (Lipinski definition) is 6. The zero-order chi connectivity index (χ0) is 17.8. The highest BCUT2D eigenvalue weighted by atomic mass is 16.5. The molecule has 26 heavy (non-hydrogen) atoms. The van der Waals surface area contributed by atoms with Crippen molar-refractivity contribution in [3.05, 3.63) is 47.9 Å². The first-order chi connectivity index (χ1) is 12.8. The molecule has 4 heterocycles. The average molecular weight is 349 g/mol. The molecule has 2 aliphatic rings. The van der Waals surface area contributed by atoms with Gasteiger partial charge in [-0.15, -0.1) is 0 Å². The van der Waals surface area contributed by atoms with Crippen molar-refractivity contribution >= 4 is 5.82 Å². The summed E-state index contributed by atoms with van der Waals surface area (Å²) in [5.74, 6) is 1.88. The van der Waals surface area contributed by atoms with Crippen LogP contribution in [-0.4, -0.2) is 47.2 Å². The van der Waals surface area contributed by atoms with E-state index < -0.39 is 0 Å². The molecule has 0 N–H and O–H groups in total. The Kier molecular flexibility index (Phi) is 4.98. The van der Waals surface area contributed by atoms with E-state index in [1.807, 2.05) is 30.5 Å². The lowest BCUT2D eigenvalue weighted by Gasteiger charge is -2.22. The third kappa shape index (κ3) is 3.78. The highest BCUT2D eigenvalue weighted by Crippen LogP contribution is 2.30. The third-order valence-electron chi connectivity index (χ3n) is 5.02. The van der Waals surface area contributed by atoms with Gasteiger partial charge in [-0.25, -0.2) is 4.98 Å². The number of nitrogens with zero attached hydrogens (tertiary/aromatic N) is 5. The van der Waals surface area contributed by atoms with Crippen molar-refractivity contribution in [2.24, 2.45) is 0 Å². The molecule has 134 valence electrons. The van der Waals surface area contributed by atoms with Gasteiger partial charge >= 0.3 is 0 Å². The number of nitriles is 1. The van der Waals surface area contributed by atoms with Crippen molar-refractivity contribution in [2.75, 3.05) is 31.1 Å². The fourth-order valence-corrected chi connectivity index (χ4v) is 3.67. The predicted molar refractivity (Wildman–Crippen MR) is 98.9 cm³/mol. The van der Waals surface area contributed by atoms with Crippen molar-refractivity contribution < 1.29 is 4.74 Å². The van der Waals surface area contributed by atoms with E-state index in [9.17, 15) is 0 Å². The van der Waals surface area contributed by atoms with Gasteiger partial charge in [0, 0.05) is 45.1 Å². The Morgan fingerprint density at radius 3 is 2.81 bits per heavy atom. The minimum Gasteiger partial charge on any atom is -0.485 e. The first-order valence-electron chi connectivity index (χ1n) is 9.26. The zero-order valence-corrected chi connectivity index (χ0v) is 14.8. The molecular weight excluding hydrogens is 326 g/mol. The van der Waals surface area contributed by atoms with E-state index >= 15 is 0 Å². The molecule has 0 aliphatic carbocycles. The van der Waals surface area contributed by atoms with Gasteiger partial charge in [0.2, 0.25) is 0 Å². The smallest absolute Gasteiger partial charge is 0.171 e. The van der Waals surface area contributed by atoms with E-state index in [1.54, 1.807) is 6.20 Å². The van der Waals surface area contributed by atoms with Crippen LogP contribution in [0.4, 0.5) is 5.82 Å². The van der Waals surface area contributed by atoms with Crippen LogP contribution in [0.2, 0.25) is 0 Å². The quantitative estimate of drug-likeness (QED) is 0.827. The van der Waals surface area contributed by atoms with Gasteiger partial charge in [0.15, 0.2) is 11.6 Å². The van der Waals surface area contributed by atoms with Crippen molar-refractivity contribution in [3.63, 3.8) is 0 Å². The second-order valence-corrected chi connectivity index (χ2v) is 6.93. The molecule has 2 saturated heterocycles. The average Bonchev–Trinajstić information content (AvgIpc) is 3.35. The van der Waals surface area contributed by atoms with Gasteiger partial charge in [-0.2, -0.15) is 5.26 Å². The first kappa shape index (κ1) is 16.8. The number of hydrogen-bond donors (Lipinski definition) is 0. The molecule has 0 spiro atoms. The van der Waals surface area contributed by atoms with E-state index in [1.165, 1.54) is 12.8 Å². The standard InChI is InChI=1S/C20H23N5O/c21-12-16-5-6-17(23-13-16)14-24-11-7-18(15-24)26-19-4-3-8-22-20(19)25-9-1-2-10-25/h3-6,8,13,18H,1-2,7,9-11,14-15H2/t18-/m0/s1. The lowest BCUT2D eigenvalue weighted by Crippen LogP contribution is -2.26. The summed E-state index contributed by atoms with van der Waals surface area (Å²) >= 11 is 0. The minimum atomic E-state index is 0.180. The maximum absolute atomic E-state index is 8.86. The SMILES string of the molecule is N#Cc1ccc(CN2CC[C@H](Oc3cccnc3N3CCCC3)C2)nc1. The summed E-state index contributed by atoms with van der Waals surface area (Å²) in [5, 5.41) is 8.86. The monoisotopic (exact) mass is 349 g/mol. The van der Waals surface area contributed by atoms with Gasteiger partial charge in [0.1, 0.15) is 12.2 Å². The summed E-state index contributed by atoms with van der Waals surface area (Å²) in [6.45, 7) is 4.79. The van der Waals surface area contributed by atoms with E-state index in [-0.39, 0.29) is 6.10 Å². The molecule has 4 rings (SSSR count). The predicted octanol–water partition coefficient (Wildman–Crippen LogP) is 2.60. The van der Waals surface area contributed by atoms with Gasteiger partial charge in [-0.1, -0.05) is 0 Å². The number of aromatic nitrogens is 2. The zero-order valence-electron chi connectivity index (χ0n) is 14.8. The molecule has 6 heteroatoms. The molecule has 2 aromatic heterocycles. The van der Waals surface area contributed by atoms with Gasteiger partial charge in [0.05, 0.1) is 11.3 Å². The largest absolute Gasteiger partial charge is 0.485 e. The molecule has 0 radical (unpaired) electrons. The van der Waals surface area contributed by atoms with Crippen LogP contribution in [0.1, 0.15) is 30.5 Å². The van der Waals surface area contributed by atoms with Crippen molar-refractivity contribution in [1.29, 1.82) is 5.26 Å². The molecule has 2 aliphatic heterocycles. The maximum Gasteiger partial charge on any atom is 0.171 e. The lowest BCUT2D eigenvalue weighted by molar-refractivity contribution is 0.197. The molecule has 1 atom stereocenters. The van der Waals surface area contributed by atoms with Crippen molar-refractivity contribution in [2.45, 2.75) is 31.9 Å². The first-order valence-corrected chi connectivity index (χ1v) is 9.26. The second kappa shape index (κ2) is 7.71. The summed E-state index contributed by atoms with van der Waals surface area (Å²) in [5.41, 5.74) is 1.59. The van der Waals surface area contributed by atoms with Gasteiger partial charge in [-0.3, -0.25) is 9.88 Å². The normalized spacial score (nSPS) is 20.3. The summed E-state index contributed by atoms with van der Waals surface area (Å²) in [7, 11) is 0. The van der Waals surface area contributed by atoms with Gasteiger partial charge in [-0.05, 0) is 43.5 Å². The summed E-state index contributed by atoms with van der Waals surface area (Å²) < 4.78 is 6.31. The summed E-state index contributed by atoms with van der Waals surface area (Å²) in [6, 6.07) is 9.84. The molecule has 0 unspecified atom stereocenters. The van der Waals surface area contributed by atoms with Crippen LogP contribution in [0, 0.1) is 11.3 Å². The Labute approximate surface area is 154 Å². The molecule has 2 fully saturated rings. The summed E-state index contributed by atoms with van der Waals surface area (Å²) in [4.78, 5) is 13.6. The Morgan fingerprint density at radius 1 is 1.15 bits per heavy atom. The van der Waals surface area contributed by atoms with Crippen LogP contribution >= 0.6 is 0 Å². The molecule has 6 nitrogen and oxygen atoms in total. The number of likely N-dealkylation sites (tertiary alicyclic amines) is 1. The number of ether oxygens (including phenoxy) is 1. The highest BCUT2D eigenvalue weighted by Gasteiger charge is 2.26. The topological polar surface area (TPSA) is 65.3 Å². The Hall–Kier alpha value is -2.65. The van der Waals surface area contributed by atoms with Crippen molar-refractivity contribution in [1.82, 2.24) is 14.9 Å². The van der Waals surface area contributed by atoms with Crippen molar-refractivity contribution in [3.8, 4) is 11.8 Å². The Bertz CT molecular complexity index is 780. The fourth-order valence-electron chi connectivity index (χ4n) is 3.67.